The van der Waals surface area contributed by atoms with Gasteiger partial charge in [-0.1, -0.05) is 59.7 Å². The van der Waals surface area contributed by atoms with Crippen molar-refractivity contribution < 1.29 is 82.3 Å². The van der Waals surface area contributed by atoms with Crippen LogP contribution in [0.3, 0.4) is 0 Å². The number of aromatic amines is 1. The molecule has 5 aliphatic heterocycles. The highest BCUT2D eigenvalue weighted by Gasteiger charge is 2.68. The standard InChI is InChI=1S/C27H25F2N7O3S.C27H25F2N7OS.C21H17ClF2N4.C7H12O3S.C6H9N3OS.C5H9NO2S.C4H8O2S/c1-26(2)17-6-8-27(26,24-16(17)10-20(33-34-24)23-18(28)4-3-5-19(23)29)21-7-9-30-25(32-21)36-14-31-22(35-36)13-40(37,38)15-11-39-12-15;1-26(2)17-6-8-27(26,24-16(17)10-20(33-34-24)23-18(28)4-3-5-19(23)29)21-7-9-30-25(32-21)36-14-31-22(35-36)13-38-15-11-37-12-15;1-20(2)12-6-8-21(20,16-7-9-25-19(22)26-16)18-11(12)10-15(27-28-18)17-13(23)4-3-5-14(17)24;1-2-10-7(8)5-11-6-3-9-4-6;1-5(2-10-1)11-3-6-7-4-8-9-6;6-5(7)3-9-4-1-8-2-4;1-2-6-4(5)3-7/h3-5,7,9-10,14-15,17H,6,8,11-13H2,1-2H3;3-5,7,9-10,14-15,17H,6,8,11-13H2,1-2H3;3-5,7,9-10,12H,6,8H2,1-2H3;6H,2-5H2,1H3;4-5H,1-3H2,(H,7,8,9);4H,1-3H2,(H2,6,7);7H,2-3H2,1H3/t2*17-,27-;12-,21-;;;;/m000..../s1. The van der Waals surface area contributed by atoms with Gasteiger partial charge in [0.15, 0.2) is 21.5 Å². The average molecular weight is 2110 g/mol. The van der Waals surface area contributed by atoms with Crippen molar-refractivity contribution in [3.63, 3.8) is 0 Å². The zero-order valence-electron chi connectivity index (χ0n) is 79.8. The van der Waals surface area contributed by atoms with Crippen LogP contribution in [0.4, 0.5) is 26.3 Å². The summed E-state index contributed by atoms with van der Waals surface area (Å²) in [5.41, 5.74) is 10.4. The summed E-state index contributed by atoms with van der Waals surface area (Å²) in [7, 11) is -3.42. The predicted octanol–water partition coefficient (Wildman–Crippen LogP) is 14.2. The van der Waals surface area contributed by atoms with Crippen molar-refractivity contribution in [2.75, 3.05) is 96.5 Å². The molecule has 760 valence electrons. The van der Waals surface area contributed by atoms with E-state index in [0.29, 0.717) is 57.4 Å². The van der Waals surface area contributed by atoms with Gasteiger partial charge in [0.1, 0.15) is 70.7 Å². The Balaban J connectivity index is 0.000000126. The van der Waals surface area contributed by atoms with E-state index in [0.717, 1.165) is 160 Å². The summed E-state index contributed by atoms with van der Waals surface area (Å²) in [6, 6.07) is 22.4. The van der Waals surface area contributed by atoms with Crippen LogP contribution in [0.1, 0.15) is 180 Å². The first-order valence-corrected chi connectivity index (χ1v) is 53.7. The van der Waals surface area contributed by atoms with Gasteiger partial charge < -0.3 is 38.9 Å². The van der Waals surface area contributed by atoms with E-state index in [4.69, 9.17) is 55.7 Å². The molecule has 0 unspecified atom stereocenters. The quantitative estimate of drug-likeness (QED) is 0.0196. The van der Waals surface area contributed by atoms with E-state index in [-0.39, 0.29) is 127 Å². The normalized spacial score (nSPS) is 21.7. The first-order valence-electron chi connectivity index (χ1n) is 46.8. The summed E-state index contributed by atoms with van der Waals surface area (Å²) in [6.07, 6.45) is 14.8. The van der Waals surface area contributed by atoms with Crippen LogP contribution >= 0.6 is 71.3 Å². The van der Waals surface area contributed by atoms with Crippen molar-refractivity contribution in [1.29, 1.82) is 0 Å². The number of H-pyrrole nitrogens is 1. The minimum Gasteiger partial charge on any atom is -0.465 e. The Morgan fingerprint density at radius 2 is 0.861 bits per heavy atom. The first-order chi connectivity index (χ1) is 69.2. The molecule has 3 N–H and O–H groups in total. The Labute approximate surface area is 853 Å². The molecule has 0 spiro atoms. The number of rotatable bonds is 26. The molecule has 9 aromatic heterocycles. The van der Waals surface area contributed by atoms with Crippen LogP contribution in [0.5, 0.6) is 0 Å². The van der Waals surface area contributed by atoms with Crippen LogP contribution < -0.4 is 5.73 Å². The van der Waals surface area contributed by atoms with Crippen LogP contribution in [0, 0.1) is 51.1 Å². The number of benzene rings is 3. The van der Waals surface area contributed by atoms with Crippen LogP contribution in [0.25, 0.3) is 45.7 Å². The number of aromatic nitrogens is 21. The lowest BCUT2D eigenvalue weighted by molar-refractivity contribution is -0.140. The Hall–Kier alpha value is -10.7. The van der Waals surface area contributed by atoms with Gasteiger partial charge in [-0.15, -0.1) is 72.5 Å². The van der Waals surface area contributed by atoms with E-state index in [1.54, 1.807) is 83.9 Å². The summed E-state index contributed by atoms with van der Waals surface area (Å²) in [5.74, 6) is 0.754. The van der Waals surface area contributed by atoms with E-state index in [9.17, 15) is 49.1 Å². The molecule has 47 heteroatoms. The van der Waals surface area contributed by atoms with Crippen LogP contribution in [0.2, 0.25) is 5.28 Å². The second-order valence-electron chi connectivity index (χ2n) is 37.5. The fourth-order valence-corrected chi connectivity index (χ4v) is 25.6. The number of thiol groups is 1. The highest BCUT2D eigenvalue weighted by molar-refractivity contribution is 8.01. The molecular weight excluding hydrogens is 2010 g/mol. The van der Waals surface area contributed by atoms with Crippen molar-refractivity contribution in [3.8, 4) is 45.7 Å². The molecule has 1 amide bonds. The third-order valence-electron chi connectivity index (χ3n) is 28.4. The number of esters is 2. The van der Waals surface area contributed by atoms with Gasteiger partial charge in [0.2, 0.25) is 11.2 Å². The van der Waals surface area contributed by atoms with Gasteiger partial charge in [0, 0.05) is 18.6 Å². The number of carbonyl (C=O) groups excluding carboxylic acids is 3. The van der Waals surface area contributed by atoms with Crippen molar-refractivity contribution in [1.82, 2.24) is 105 Å². The fraction of sp³-hybridized carbons (Fsp3) is 0.474. The zero-order valence-corrected chi connectivity index (χ0v) is 85.5. The maximum absolute atomic E-state index is 14.5. The number of fused-ring (bicyclic) bond motifs is 15. The van der Waals surface area contributed by atoms with Gasteiger partial charge in [-0.05, 0) is 187 Å². The number of amides is 1. The molecule has 6 aliphatic carbocycles. The summed E-state index contributed by atoms with van der Waals surface area (Å²) < 4.78 is 149. The Morgan fingerprint density at radius 3 is 1.22 bits per heavy atom. The lowest BCUT2D eigenvalue weighted by atomic mass is 9.66. The second-order valence-corrected chi connectivity index (χ2v) is 45.6. The number of carbonyl (C=O) groups is 3. The maximum atomic E-state index is 14.5. The number of nitrogens with zero attached hydrogens (tertiary/aromatic N) is 20. The second kappa shape index (κ2) is 44.6. The molecular formula is C97H105ClF6N22O12S6. The van der Waals surface area contributed by atoms with Crippen molar-refractivity contribution >= 4 is 99.0 Å². The molecule has 12 aromatic rings. The lowest BCUT2D eigenvalue weighted by Crippen LogP contribution is -2.41. The topological polar surface area (TPSA) is 434 Å². The number of hydrogen-bond donors (Lipinski definition) is 3. The van der Waals surface area contributed by atoms with Gasteiger partial charge in [-0.25, -0.2) is 79.6 Å². The highest BCUT2D eigenvalue weighted by atomic mass is 35.5. The Morgan fingerprint density at radius 1 is 0.486 bits per heavy atom. The van der Waals surface area contributed by atoms with E-state index >= 15 is 0 Å². The lowest BCUT2D eigenvalue weighted by Gasteiger charge is -2.37. The number of nitrogens with one attached hydrogen (secondary N) is 1. The van der Waals surface area contributed by atoms with E-state index in [1.165, 1.54) is 71.9 Å². The molecule has 0 radical (unpaired) electrons. The molecule has 6 bridgehead atoms. The minimum absolute atomic E-state index is 0.0867. The maximum Gasteiger partial charge on any atom is 0.315 e. The number of nitrogens with two attached hydrogens (primary N) is 1. The van der Waals surface area contributed by atoms with Gasteiger partial charge in [-0.2, -0.15) is 42.4 Å². The highest BCUT2D eigenvalue weighted by Crippen LogP contribution is 2.72. The summed E-state index contributed by atoms with van der Waals surface area (Å²) in [6.45, 7) is 24.4. The van der Waals surface area contributed by atoms with E-state index in [2.05, 4.69) is 145 Å². The number of thioether (sulfide) groups is 4. The molecule has 11 aliphatic rings. The summed E-state index contributed by atoms with van der Waals surface area (Å²) >= 11 is 16.6. The molecule has 3 saturated carbocycles. The molecule has 144 heavy (non-hydrogen) atoms. The molecule has 23 rings (SSSR count). The van der Waals surface area contributed by atoms with Crippen LogP contribution in [-0.2, 0) is 90.9 Å². The van der Waals surface area contributed by atoms with Gasteiger partial charge >= 0.3 is 11.9 Å². The van der Waals surface area contributed by atoms with Crippen molar-refractivity contribution in [3.05, 3.63) is 237 Å². The minimum atomic E-state index is -3.42. The van der Waals surface area contributed by atoms with Gasteiger partial charge in [0.25, 0.3) is 11.9 Å². The molecule has 3 aromatic carbocycles. The number of primary amides is 1. The molecule has 14 heterocycles. The summed E-state index contributed by atoms with van der Waals surface area (Å²) in [5, 5.41) is 43.8. The van der Waals surface area contributed by atoms with Crippen molar-refractivity contribution in [2.24, 2.45) is 22.0 Å². The van der Waals surface area contributed by atoms with Crippen LogP contribution in [0.15, 0.2) is 129 Å². The van der Waals surface area contributed by atoms with Gasteiger partial charge in [-0.3, -0.25) is 19.5 Å². The largest absolute Gasteiger partial charge is 0.465 e. The van der Waals surface area contributed by atoms with Crippen LogP contribution in [-0.4, -0.2) is 254 Å². The SMILES string of the molecule is CC1(C)[C@H]2CC[C@]1(c1ccnc(-n3cnc(CS(=O)(=O)C4COC4)n3)n1)c1nnc(-c3c(F)cccc3F)cc12.CC1(C)[C@H]2CC[C@]1(c1ccnc(-n3cnc(CSC4COC4)n3)n1)c1nnc(-c3c(F)cccc3F)cc12.CC1(C)[C@H]2CC[C@]1(c1ccnc(Cl)n1)c1nnc(-c3c(F)cccc3F)cc12.CCOC(=O)CS.CCOC(=O)CSC1COC1.NC(=O)CSC1COC1.c1n[nH]c(CSC2COC2)n1. The van der Waals surface area contributed by atoms with Gasteiger partial charge in [0.05, 0.1) is 213 Å². The van der Waals surface area contributed by atoms with Crippen molar-refractivity contribution in [2.45, 2.75) is 171 Å². The van der Waals surface area contributed by atoms with E-state index < -0.39 is 66.2 Å². The number of hydrogen-bond acceptors (Lipinski definition) is 35. The predicted molar refractivity (Wildman–Crippen MR) is 529 cm³/mol. The number of ether oxygens (including phenoxy) is 7. The summed E-state index contributed by atoms with van der Waals surface area (Å²) in [4.78, 5) is 70.9. The number of halogens is 7. The number of sulfone groups is 1. The third kappa shape index (κ3) is 21.1. The molecule has 6 atom stereocenters. The first kappa shape index (κ1) is 105. The smallest absolute Gasteiger partial charge is 0.315 e. The third-order valence-corrected chi connectivity index (χ3v) is 35.5. The Bertz CT molecular complexity index is 6720. The Kier molecular flexibility index (Phi) is 32.4. The zero-order chi connectivity index (χ0) is 102. The average Bonchev–Trinajstić information content (AvgIpc) is 1.52. The monoisotopic (exact) mass is 2110 g/mol. The van der Waals surface area contributed by atoms with E-state index in [1.807, 2.05) is 43.0 Å². The molecule has 5 saturated heterocycles. The molecule has 34 nitrogen and oxygen atoms in total. The molecule has 8 fully saturated rings. The fourth-order valence-electron chi connectivity index (χ4n) is 20.6.